The molecule has 0 aliphatic carbocycles. The molecule has 0 unspecified atom stereocenters. The van der Waals surface area contributed by atoms with E-state index in [9.17, 15) is 13.6 Å². The van der Waals surface area contributed by atoms with Crippen LogP contribution in [0.3, 0.4) is 0 Å². The Morgan fingerprint density at radius 2 is 1.92 bits per heavy atom. The first kappa shape index (κ1) is 18.4. The first-order valence-electron chi connectivity index (χ1n) is 8.80. The number of tetrazole rings is 1. The maximum Gasteiger partial charge on any atom is 0.254 e. The number of unbranched alkanes of at least 4 members (excludes halogenated alkanes) is 1. The molecule has 2 aromatic rings. The maximum absolute atomic E-state index is 13.3. The lowest BCUT2D eigenvalue weighted by molar-refractivity contribution is 0.0623. The van der Waals surface area contributed by atoms with Gasteiger partial charge in [-0.15, -0.1) is 5.10 Å². The normalized spacial score (nSPS) is 15.4. The molecule has 7 nitrogen and oxygen atoms in total. The second kappa shape index (κ2) is 8.31. The Hall–Kier alpha value is -2.42. The highest BCUT2D eigenvalue weighted by molar-refractivity contribution is 5.94. The van der Waals surface area contributed by atoms with E-state index in [2.05, 4.69) is 27.3 Å². The highest BCUT2D eigenvalue weighted by Crippen LogP contribution is 2.14. The fourth-order valence-corrected chi connectivity index (χ4v) is 2.94. The van der Waals surface area contributed by atoms with Crippen LogP contribution in [0, 0.1) is 11.6 Å². The second-order valence-electron chi connectivity index (χ2n) is 6.37. The van der Waals surface area contributed by atoms with Gasteiger partial charge in [-0.3, -0.25) is 9.69 Å². The van der Waals surface area contributed by atoms with Gasteiger partial charge in [0, 0.05) is 38.3 Å². The van der Waals surface area contributed by atoms with Crippen LogP contribution in [0.5, 0.6) is 0 Å². The Morgan fingerprint density at radius 3 is 2.62 bits per heavy atom. The van der Waals surface area contributed by atoms with Gasteiger partial charge in [-0.25, -0.2) is 13.5 Å². The Balaban J connectivity index is 1.55. The molecular weight excluding hydrogens is 342 g/mol. The van der Waals surface area contributed by atoms with E-state index in [4.69, 9.17) is 0 Å². The summed E-state index contributed by atoms with van der Waals surface area (Å²) in [6, 6.07) is 3.25. The van der Waals surface area contributed by atoms with Gasteiger partial charge in [0.2, 0.25) is 0 Å². The van der Waals surface area contributed by atoms with Crippen LogP contribution in [0.4, 0.5) is 8.78 Å². The minimum atomic E-state index is -1.01. The van der Waals surface area contributed by atoms with Crippen molar-refractivity contribution in [1.29, 1.82) is 0 Å². The maximum atomic E-state index is 13.3. The highest BCUT2D eigenvalue weighted by Gasteiger charge is 2.24. The number of benzene rings is 1. The van der Waals surface area contributed by atoms with Gasteiger partial charge in [-0.05, 0) is 35.0 Å². The van der Waals surface area contributed by atoms with Crippen LogP contribution < -0.4 is 0 Å². The number of aryl methyl sites for hydroxylation is 1. The molecule has 26 heavy (non-hydrogen) atoms. The number of hydrogen-bond acceptors (Lipinski definition) is 5. The number of aromatic nitrogens is 4. The van der Waals surface area contributed by atoms with Gasteiger partial charge in [0.25, 0.3) is 5.91 Å². The van der Waals surface area contributed by atoms with E-state index in [1.165, 1.54) is 6.07 Å². The Morgan fingerprint density at radius 1 is 1.15 bits per heavy atom. The van der Waals surface area contributed by atoms with E-state index in [-0.39, 0.29) is 11.5 Å². The van der Waals surface area contributed by atoms with Gasteiger partial charge in [0.15, 0.2) is 17.5 Å². The van der Waals surface area contributed by atoms with Gasteiger partial charge in [0.1, 0.15) is 0 Å². The lowest BCUT2D eigenvalue weighted by Crippen LogP contribution is -2.48. The molecule has 1 aliphatic heterocycles. The smallest absolute Gasteiger partial charge is 0.254 e. The predicted molar refractivity (Wildman–Crippen MR) is 90.3 cm³/mol. The topological polar surface area (TPSA) is 67.2 Å². The van der Waals surface area contributed by atoms with Crippen molar-refractivity contribution in [3.05, 3.63) is 41.2 Å². The van der Waals surface area contributed by atoms with Crippen molar-refractivity contribution in [2.45, 2.75) is 32.9 Å². The van der Waals surface area contributed by atoms with Crippen LogP contribution in [-0.4, -0.2) is 62.1 Å². The van der Waals surface area contributed by atoms with E-state index in [0.717, 1.165) is 37.3 Å². The molecular formula is C17H22F2N6O. The molecule has 1 saturated heterocycles. The van der Waals surface area contributed by atoms with Crippen LogP contribution in [0.25, 0.3) is 0 Å². The summed E-state index contributed by atoms with van der Waals surface area (Å²) >= 11 is 0. The zero-order chi connectivity index (χ0) is 18.5. The average Bonchev–Trinajstić information content (AvgIpc) is 3.09. The van der Waals surface area contributed by atoms with Crippen LogP contribution >= 0.6 is 0 Å². The minimum absolute atomic E-state index is 0.167. The van der Waals surface area contributed by atoms with Crippen molar-refractivity contribution in [1.82, 2.24) is 30.0 Å². The summed E-state index contributed by atoms with van der Waals surface area (Å²) in [7, 11) is 0. The van der Waals surface area contributed by atoms with Gasteiger partial charge in [0.05, 0.1) is 6.54 Å². The van der Waals surface area contributed by atoms with E-state index in [0.29, 0.717) is 32.7 Å². The van der Waals surface area contributed by atoms with Crippen LogP contribution in [0.1, 0.15) is 35.9 Å². The monoisotopic (exact) mass is 364 g/mol. The fourth-order valence-electron chi connectivity index (χ4n) is 2.94. The van der Waals surface area contributed by atoms with E-state index >= 15 is 0 Å². The number of halogens is 2. The molecule has 0 atom stereocenters. The predicted octanol–water partition coefficient (Wildman–Crippen LogP) is 1.71. The zero-order valence-corrected chi connectivity index (χ0v) is 14.7. The summed E-state index contributed by atoms with van der Waals surface area (Å²) in [6.07, 6.45) is 2.10. The molecule has 2 heterocycles. The summed E-state index contributed by atoms with van der Waals surface area (Å²) in [5, 5.41) is 11.8. The summed E-state index contributed by atoms with van der Waals surface area (Å²) < 4.78 is 28.2. The molecule has 1 fully saturated rings. The molecule has 9 heteroatoms. The van der Waals surface area contributed by atoms with Crippen LogP contribution in [-0.2, 0) is 13.1 Å². The zero-order valence-electron chi connectivity index (χ0n) is 14.7. The number of carbonyl (C=O) groups excluding carboxylic acids is 1. The van der Waals surface area contributed by atoms with Gasteiger partial charge in [-0.1, -0.05) is 13.3 Å². The Kier molecular flexibility index (Phi) is 5.87. The third-order valence-corrected chi connectivity index (χ3v) is 4.52. The molecule has 1 aliphatic rings. The Bertz CT molecular complexity index is 757. The Labute approximate surface area is 150 Å². The lowest BCUT2D eigenvalue weighted by atomic mass is 10.1. The average molecular weight is 364 g/mol. The van der Waals surface area contributed by atoms with E-state index < -0.39 is 11.6 Å². The van der Waals surface area contributed by atoms with Crippen molar-refractivity contribution in [2.24, 2.45) is 0 Å². The van der Waals surface area contributed by atoms with Crippen LogP contribution in [0.15, 0.2) is 18.2 Å². The molecule has 1 aromatic heterocycles. The second-order valence-corrected chi connectivity index (χ2v) is 6.37. The first-order valence-corrected chi connectivity index (χ1v) is 8.80. The number of amides is 1. The summed E-state index contributed by atoms with van der Waals surface area (Å²) in [6.45, 7) is 5.94. The van der Waals surface area contributed by atoms with E-state index in [1.807, 2.05) is 4.68 Å². The van der Waals surface area contributed by atoms with Crippen molar-refractivity contribution in [3.8, 4) is 0 Å². The molecule has 0 radical (unpaired) electrons. The lowest BCUT2D eigenvalue weighted by Gasteiger charge is -2.34. The molecule has 0 N–H and O–H groups in total. The number of piperazine rings is 1. The highest BCUT2D eigenvalue weighted by atomic mass is 19.2. The number of nitrogens with zero attached hydrogens (tertiary/aromatic N) is 6. The summed E-state index contributed by atoms with van der Waals surface area (Å²) in [5.74, 6) is -1.42. The first-order chi connectivity index (χ1) is 12.6. The molecule has 0 bridgehead atoms. The van der Waals surface area contributed by atoms with Crippen LogP contribution in [0.2, 0.25) is 0 Å². The largest absolute Gasteiger partial charge is 0.336 e. The quantitative estimate of drug-likeness (QED) is 0.781. The molecule has 3 rings (SSSR count). The third-order valence-electron chi connectivity index (χ3n) is 4.52. The SMILES string of the molecule is CCCCn1nnnc1CN1CCN(C(=O)c2ccc(F)c(F)c2)CC1. The van der Waals surface area contributed by atoms with Crippen molar-refractivity contribution in [2.75, 3.05) is 26.2 Å². The minimum Gasteiger partial charge on any atom is -0.336 e. The number of hydrogen-bond donors (Lipinski definition) is 0. The number of rotatable bonds is 6. The molecule has 140 valence electrons. The van der Waals surface area contributed by atoms with Crippen molar-refractivity contribution >= 4 is 5.91 Å². The third kappa shape index (κ3) is 4.21. The molecule has 0 saturated carbocycles. The molecule has 1 aromatic carbocycles. The van der Waals surface area contributed by atoms with Crippen molar-refractivity contribution < 1.29 is 13.6 Å². The number of carbonyl (C=O) groups is 1. The van der Waals surface area contributed by atoms with Gasteiger partial charge in [-0.2, -0.15) is 0 Å². The molecule has 1 amide bonds. The molecule has 0 spiro atoms. The van der Waals surface area contributed by atoms with Gasteiger partial charge >= 0.3 is 0 Å². The fraction of sp³-hybridized carbons (Fsp3) is 0.529. The summed E-state index contributed by atoms with van der Waals surface area (Å²) in [5.41, 5.74) is 0.167. The van der Waals surface area contributed by atoms with Gasteiger partial charge < -0.3 is 4.90 Å². The van der Waals surface area contributed by atoms with Crippen molar-refractivity contribution in [3.63, 3.8) is 0 Å². The standard InChI is InChI=1S/C17H22F2N6O/c1-2-3-6-25-16(20-21-22-25)12-23-7-9-24(10-8-23)17(26)13-4-5-14(18)15(19)11-13/h4-5,11H,2-3,6-10,12H2,1H3. The summed E-state index contributed by atoms with van der Waals surface area (Å²) in [4.78, 5) is 16.3. The van der Waals surface area contributed by atoms with E-state index in [1.54, 1.807) is 4.90 Å².